The third-order valence-corrected chi connectivity index (χ3v) is 5.33. The Kier molecular flexibility index (Phi) is 21.1. The van der Waals surface area contributed by atoms with Crippen LogP contribution in [-0.4, -0.2) is 56.5 Å². The van der Waals surface area contributed by atoms with E-state index in [1.54, 1.807) is 27.7 Å². The summed E-state index contributed by atoms with van der Waals surface area (Å²) >= 11 is 0. The van der Waals surface area contributed by atoms with Crippen LogP contribution in [0.5, 0.6) is 0 Å². The van der Waals surface area contributed by atoms with Gasteiger partial charge in [-0.1, -0.05) is 104 Å². The number of nitrogens with zero attached hydrogens (tertiary/aromatic N) is 1. The molecule has 0 aromatic rings. The van der Waals surface area contributed by atoms with Crippen LogP contribution >= 0.6 is 0 Å². The molecule has 1 atom stereocenters. The van der Waals surface area contributed by atoms with Gasteiger partial charge in [-0.25, -0.2) is 0 Å². The molecule has 2 N–H and O–H groups in total. The molecule has 3 nitrogen and oxygen atoms in total. The Labute approximate surface area is 213 Å². The zero-order chi connectivity index (χ0) is 28.3. The van der Waals surface area contributed by atoms with Gasteiger partial charge in [0, 0.05) is 6.54 Å². The number of halogens is 3. The lowest BCUT2D eigenvalue weighted by Gasteiger charge is -2.40. The molecule has 0 rings (SSSR count). The zero-order valence-electron chi connectivity index (χ0n) is 25.5. The third-order valence-electron chi connectivity index (χ3n) is 5.33. The standard InChI is InChI=1S/C8H15F3.C7H17N.C6H15N.C6H14O.CH4/c1-6(2,3)7(4,5)8(9,10)11;1-7(2,3)6-8(4)5;1-6(2,3)5-7-4;1-5(7)6(2,3)4;/h1-5H3;6H2,1-5H3;7H,5H2,1-4H3;5,7H,1-4H3;1H4. The second-order valence-corrected chi connectivity index (χ2v) is 14.3. The molecule has 6 heteroatoms. The van der Waals surface area contributed by atoms with Crippen molar-refractivity contribution in [3.63, 3.8) is 0 Å². The van der Waals surface area contributed by atoms with E-state index < -0.39 is 17.0 Å². The van der Waals surface area contributed by atoms with Crippen LogP contribution in [0.25, 0.3) is 0 Å². The van der Waals surface area contributed by atoms with Gasteiger partial charge in [-0.3, -0.25) is 0 Å². The maximum absolute atomic E-state index is 12.3. The van der Waals surface area contributed by atoms with Gasteiger partial charge in [-0.2, -0.15) is 13.2 Å². The fourth-order valence-electron chi connectivity index (χ4n) is 1.90. The summed E-state index contributed by atoms with van der Waals surface area (Å²) in [4.78, 5) is 2.21. The van der Waals surface area contributed by atoms with Gasteiger partial charge in [-0.15, -0.1) is 0 Å². The fraction of sp³-hybridized carbons (Fsp3) is 1.00. The van der Waals surface area contributed by atoms with Crippen molar-refractivity contribution >= 4 is 0 Å². The highest BCUT2D eigenvalue weighted by Gasteiger charge is 2.54. The average molecular weight is 503 g/mol. The summed E-state index contributed by atoms with van der Waals surface area (Å²) in [7, 11) is 6.18. The maximum Gasteiger partial charge on any atom is 0.394 e. The summed E-state index contributed by atoms with van der Waals surface area (Å²) in [5.74, 6) is 0. The Balaban J connectivity index is -0.000000111. The Morgan fingerprint density at radius 1 is 0.735 bits per heavy atom. The average Bonchev–Trinajstić information content (AvgIpc) is 2.41. The predicted molar refractivity (Wildman–Crippen MR) is 149 cm³/mol. The first kappa shape index (κ1) is 43.7. The SMILES string of the molecule is C.CC(C)(C)C(C)(C)C(F)(F)F.CC(O)C(C)(C)C.CN(C)CC(C)(C)C.CNCC(C)(C)C. The number of rotatable bonds is 2. The zero-order valence-corrected chi connectivity index (χ0v) is 25.5. The minimum Gasteiger partial charge on any atom is -0.393 e. The number of alkyl halides is 3. The van der Waals surface area contributed by atoms with Crippen LogP contribution < -0.4 is 5.32 Å². The summed E-state index contributed by atoms with van der Waals surface area (Å²) in [6.07, 6.45) is -4.32. The molecule has 34 heavy (non-hydrogen) atoms. The van der Waals surface area contributed by atoms with Crippen molar-refractivity contribution in [1.82, 2.24) is 10.2 Å². The molecule has 0 bridgehead atoms. The lowest BCUT2D eigenvalue weighted by atomic mass is 9.69. The van der Waals surface area contributed by atoms with Gasteiger partial charge in [-0.05, 0) is 56.3 Å². The Hall–Kier alpha value is -0.330. The number of hydrogen-bond donors (Lipinski definition) is 2. The van der Waals surface area contributed by atoms with Crippen LogP contribution in [0.2, 0.25) is 0 Å². The number of hydrogen-bond acceptors (Lipinski definition) is 3. The second-order valence-electron chi connectivity index (χ2n) is 14.3. The minimum absolute atomic E-state index is 0. The summed E-state index contributed by atoms with van der Waals surface area (Å²) < 4.78 is 37.0. The van der Waals surface area contributed by atoms with Crippen molar-refractivity contribution in [2.45, 2.75) is 124 Å². The molecule has 0 amide bonds. The van der Waals surface area contributed by atoms with E-state index in [1.807, 2.05) is 27.8 Å². The van der Waals surface area contributed by atoms with Crippen LogP contribution in [0.3, 0.4) is 0 Å². The molecule has 0 saturated heterocycles. The molecule has 0 radical (unpaired) electrons. The van der Waals surface area contributed by atoms with Crippen LogP contribution in [0, 0.1) is 27.1 Å². The van der Waals surface area contributed by atoms with E-state index in [4.69, 9.17) is 5.11 Å². The molecule has 1 unspecified atom stereocenters. The lowest BCUT2D eigenvalue weighted by molar-refractivity contribution is -0.243. The summed E-state index contributed by atoms with van der Waals surface area (Å²) in [6, 6.07) is 0. The van der Waals surface area contributed by atoms with Crippen molar-refractivity contribution in [2.75, 3.05) is 34.2 Å². The van der Waals surface area contributed by atoms with E-state index in [0.29, 0.717) is 10.8 Å². The van der Waals surface area contributed by atoms with E-state index in [9.17, 15) is 13.2 Å². The molecular weight excluding hydrogens is 437 g/mol. The minimum atomic E-state index is -4.12. The highest BCUT2D eigenvalue weighted by molar-refractivity contribution is 4.88. The van der Waals surface area contributed by atoms with Crippen molar-refractivity contribution in [3.8, 4) is 0 Å². The Morgan fingerprint density at radius 2 is 1.03 bits per heavy atom. The van der Waals surface area contributed by atoms with Crippen molar-refractivity contribution < 1.29 is 18.3 Å². The quantitative estimate of drug-likeness (QED) is 0.397. The summed E-state index contributed by atoms with van der Waals surface area (Å²) in [6.45, 7) is 30.7. The molecular formula is C28H65F3N2O. The first-order chi connectivity index (χ1) is 13.9. The molecule has 0 spiro atoms. The van der Waals surface area contributed by atoms with Crippen LogP contribution in [0.1, 0.15) is 111 Å². The highest BCUT2D eigenvalue weighted by atomic mass is 19.4. The van der Waals surface area contributed by atoms with E-state index >= 15 is 0 Å². The van der Waals surface area contributed by atoms with Gasteiger partial charge >= 0.3 is 6.18 Å². The van der Waals surface area contributed by atoms with Crippen molar-refractivity contribution in [2.24, 2.45) is 27.1 Å². The molecule has 214 valence electrons. The first-order valence-electron chi connectivity index (χ1n) is 12.0. The summed E-state index contributed by atoms with van der Waals surface area (Å²) in [5.41, 5.74) is -1.43. The lowest BCUT2D eigenvalue weighted by Crippen LogP contribution is -2.43. The highest BCUT2D eigenvalue weighted by Crippen LogP contribution is 2.49. The molecule has 0 saturated carbocycles. The van der Waals surface area contributed by atoms with Gasteiger partial charge < -0.3 is 15.3 Å². The Bertz CT molecular complexity index is 454. The molecule has 0 aliphatic heterocycles. The third kappa shape index (κ3) is 27.9. The van der Waals surface area contributed by atoms with Gasteiger partial charge in [0.25, 0.3) is 0 Å². The van der Waals surface area contributed by atoms with Crippen molar-refractivity contribution in [1.29, 1.82) is 0 Å². The second kappa shape index (κ2) is 16.4. The Morgan fingerprint density at radius 3 is 1.03 bits per heavy atom. The van der Waals surface area contributed by atoms with E-state index in [0.717, 1.165) is 13.1 Å². The molecule has 0 heterocycles. The smallest absolute Gasteiger partial charge is 0.393 e. The number of aliphatic hydroxyl groups is 1. The van der Waals surface area contributed by atoms with Gasteiger partial charge in [0.2, 0.25) is 0 Å². The number of aliphatic hydroxyl groups excluding tert-OH is 1. The molecule has 0 aliphatic carbocycles. The summed E-state index contributed by atoms with van der Waals surface area (Å²) in [5, 5.41) is 12.0. The van der Waals surface area contributed by atoms with Gasteiger partial charge in [0.05, 0.1) is 11.5 Å². The van der Waals surface area contributed by atoms with Crippen LogP contribution in [0.15, 0.2) is 0 Å². The first-order valence-corrected chi connectivity index (χ1v) is 12.0. The predicted octanol–water partition coefficient (Wildman–Crippen LogP) is 8.52. The largest absolute Gasteiger partial charge is 0.394 e. The topological polar surface area (TPSA) is 35.5 Å². The van der Waals surface area contributed by atoms with Gasteiger partial charge in [0.15, 0.2) is 0 Å². The normalized spacial score (nSPS) is 13.9. The molecule has 0 fully saturated rings. The van der Waals surface area contributed by atoms with E-state index in [-0.39, 0.29) is 18.9 Å². The van der Waals surface area contributed by atoms with Crippen LogP contribution in [-0.2, 0) is 0 Å². The monoisotopic (exact) mass is 503 g/mol. The number of nitrogens with one attached hydrogen (secondary N) is 1. The molecule has 0 aromatic carbocycles. The van der Waals surface area contributed by atoms with Gasteiger partial charge in [0.1, 0.15) is 0 Å². The fourth-order valence-corrected chi connectivity index (χ4v) is 1.90. The molecule has 0 aliphatic rings. The van der Waals surface area contributed by atoms with E-state index in [1.165, 1.54) is 13.8 Å². The maximum atomic E-state index is 12.3. The van der Waals surface area contributed by atoms with Crippen LogP contribution in [0.4, 0.5) is 13.2 Å². The van der Waals surface area contributed by atoms with Crippen molar-refractivity contribution in [3.05, 3.63) is 0 Å². The molecule has 0 aromatic heterocycles. The van der Waals surface area contributed by atoms with E-state index in [2.05, 4.69) is 65.9 Å².